The summed E-state index contributed by atoms with van der Waals surface area (Å²) in [6.07, 6.45) is 0.216. The van der Waals surface area contributed by atoms with Crippen LogP contribution in [0.3, 0.4) is 0 Å². The Kier molecular flexibility index (Phi) is 8.68. The number of carbonyl (C=O) groups excluding carboxylic acids is 2. The van der Waals surface area contributed by atoms with E-state index >= 15 is 0 Å². The number of fused-ring (bicyclic) bond motifs is 3. The molecule has 7 nitrogen and oxygen atoms in total. The number of benzene rings is 2. The van der Waals surface area contributed by atoms with Crippen molar-refractivity contribution in [3.05, 3.63) is 59.7 Å². The Hall–Kier alpha value is -3.35. The topological polar surface area (TPSA) is 95.9 Å². The van der Waals surface area contributed by atoms with Crippen molar-refractivity contribution in [2.45, 2.75) is 52.0 Å². The average molecular weight is 467 g/mol. The molecule has 3 rings (SSSR count). The molecule has 1 atom stereocenters. The van der Waals surface area contributed by atoms with E-state index in [9.17, 15) is 14.4 Å². The number of likely N-dealkylation sites (N-methyl/N-ethyl adjacent to an activating group) is 1. The maximum atomic E-state index is 13.1. The molecule has 0 saturated carbocycles. The normalized spacial score (nSPS) is 13.2. The van der Waals surface area contributed by atoms with Crippen molar-refractivity contribution >= 4 is 18.0 Å². The van der Waals surface area contributed by atoms with E-state index in [-0.39, 0.29) is 30.8 Å². The number of carboxylic acids is 1. The highest BCUT2D eigenvalue weighted by atomic mass is 16.5. The number of hydrogen-bond donors (Lipinski definition) is 2. The van der Waals surface area contributed by atoms with Gasteiger partial charge in [0.15, 0.2) is 0 Å². The molecule has 0 radical (unpaired) electrons. The molecule has 7 heteroatoms. The van der Waals surface area contributed by atoms with Gasteiger partial charge < -0.3 is 20.1 Å². The van der Waals surface area contributed by atoms with Gasteiger partial charge in [0.2, 0.25) is 5.91 Å². The van der Waals surface area contributed by atoms with Gasteiger partial charge in [-0.15, -0.1) is 0 Å². The molecule has 0 aromatic heterocycles. The van der Waals surface area contributed by atoms with Crippen molar-refractivity contribution in [1.29, 1.82) is 0 Å². The van der Waals surface area contributed by atoms with E-state index in [0.29, 0.717) is 25.9 Å². The molecule has 1 unspecified atom stereocenters. The highest BCUT2D eigenvalue weighted by Crippen LogP contribution is 2.44. The van der Waals surface area contributed by atoms with Crippen LogP contribution in [0.25, 0.3) is 11.1 Å². The number of amides is 2. The molecule has 2 aromatic carbocycles. The van der Waals surface area contributed by atoms with Crippen LogP contribution in [0.15, 0.2) is 48.5 Å². The van der Waals surface area contributed by atoms with Crippen LogP contribution in [0.5, 0.6) is 0 Å². The van der Waals surface area contributed by atoms with Gasteiger partial charge in [-0.3, -0.25) is 9.59 Å². The van der Waals surface area contributed by atoms with Gasteiger partial charge in [0, 0.05) is 25.4 Å². The van der Waals surface area contributed by atoms with Crippen molar-refractivity contribution in [2.24, 2.45) is 5.92 Å². The zero-order valence-electron chi connectivity index (χ0n) is 20.1. The van der Waals surface area contributed by atoms with Crippen molar-refractivity contribution in [2.75, 3.05) is 19.7 Å². The van der Waals surface area contributed by atoms with Crippen molar-refractivity contribution < 1.29 is 24.2 Å². The van der Waals surface area contributed by atoms with Crippen LogP contribution in [-0.2, 0) is 14.3 Å². The molecule has 2 N–H and O–H groups in total. The first-order valence-corrected chi connectivity index (χ1v) is 11.9. The number of rotatable bonds is 11. The van der Waals surface area contributed by atoms with Gasteiger partial charge in [-0.05, 0) is 47.9 Å². The lowest BCUT2D eigenvalue weighted by molar-refractivity contribution is -0.138. The summed E-state index contributed by atoms with van der Waals surface area (Å²) in [5.74, 6) is -0.977. The first-order valence-electron chi connectivity index (χ1n) is 11.9. The lowest BCUT2D eigenvalue weighted by Gasteiger charge is -2.27. The molecule has 2 amide bonds. The molecule has 0 aliphatic heterocycles. The number of carboxylic acid groups (broad SMARTS) is 1. The minimum atomic E-state index is -0.890. The van der Waals surface area contributed by atoms with Crippen molar-refractivity contribution in [3.63, 3.8) is 0 Å². The summed E-state index contributed by atoms with van der Waals surface area (Å²) >= 11 is 0. The molecule has 1 aliphatic carbocycles. The third-order valence-corrected chi connectivity index (χ3v) is 6.15. The predicted octanol–water partition coefficient (Wildman–Crippen LogP) is 4.65. The van der Waals surface area contributed by atoms with Gasteiger partial charge in [-0.1, -0.05) is 62.4 Å². The van der Waals surface area contributed by atoms with E-state index in [1.807, 2.05) is 45.0 Å². The third-order valence-electron chi connectivity index (χ3n) is 6.15. The Balaban J connectivity index is 1.65. The number of nitrogens with one attached hydrogen (secondary N) is 1. The zero-order chi connectivity index (χ0) is 24.7. The fraction of sp³-hybridized carbons (Fsp3) is 0.444. The molecular weight excluding hydrogens is 432 g/mol. The van der Waals surface area contributed by atoms with E-state index in [0.717, 1.165) is 22.3 Å². The maximum absolute atomic E-state index is 13.1. The van der Waals surface area contributed by atoms with Gasteiger partial charge in [0.05, 0.1) is 0 Å². The monoisotopic (exact) mass is 466 g/mol. The third kappa shape index (κ3) is 6.16. The standard InChI is InChI=1S/C27H34N2O5/c1-4-29(15-9-14-25(30)31)26(32)24(16-18(2)3)28-27(33)34-17-23-21-12-7-5-10-19(21)20-11-6-8-13-22(20)23/h5-8,10-13,18,23-24H,4,9,14-17H2,1-3H3,(H,28,33)(H,30,31). The van der Waals surface area contributed by atoms with E-state index in [2.05, 4.69) is 29.6 Å². The molecule has 1 aliphatic rings. The summed E-state index contributed by atoms with van der Waals surface area (Å²) in [4.78, 5) is 38.3. The Morgan fingerprint density at radius 1 is 1.03 bits per heavy atom. The van der Waals surface area contributed by atoms with Crippen LogP contribution in [0.2, 0.25) is 0 Å². The van der Waals surface area contributed by atoms with Crippen LogP contribution < -0.4 is 5.32 Å². The SMILES string of the molecule is CCN(CCCC(=O)O)C(=O)C(CC(C)C)NC(=O)OCC1c2ccccc2-c2ccccc21. The Bertz CT molecular complexity index is 974. The molecule has 0 bridgehead atoms. The average Bonchev–Trinajstić information content (AvgIpc) is 3.13. The fourth-order valence-electron chi connectivity index (χ4n) is 4.54. The summed E-state index contributed by atoms with van der Waals surface area (Å²) in [6, 6.07) is 15.5. The molecule has 0 saturated heterocycles. The van der Waals surface area contributed by atoms with Crippen LogP contribution in [-0.4, -0.2) is 53.7 Å². The number of nitrogens with zero attached hydrogens (tertiary/aromatic N) is 1. The summed E-state index contributed by atoms with van der Waals surface area (Å²) in [5, 5.41) is 11.6. The van der Waals surface area contributed by atoms with Gasteiger partial charge in [0.1, 0.15) is 12.6 Å². The number of carbonyl (C=O) groups is 3. The highest BCUT2D eigenvalue weighted by Gasteiger charge is 2.30. The minimum absolute atomic E-state index is 0.00155. The first-order chi connectivity index (χ1) is 16.3. The van der Waals surface area contributed by atoms with Gasteiger partial charge in [-0.25, -0.2) is 4.79 Å². The quantitative estimate of drug-likeness (QED) is 0.502. The Labute approximate surface area is 201 Å². The summed E-state index contributed by atoms with van der Waals surface area (Å²) < 4.78 is 5.63. The van der Waals surface area contributed by atoms with E-state index in [1.54, 1.807) is 4.90 Å². The second-order valence-electron chi connectivity index (χ2n) is 9.07. The lowest BCUT2D eigenvalue weighted by atomic mass is 9.98. The van der Waals surface area contributed by atoms with Gasteiger partial charge in [0.25, 0.3) is 0 Å². The summed E-state index contributed by atoms with van der Waals surface area (Å²) in [7, 11) is 0. The number of hydrogen-bond acceptors (Lipinski definition) is 4. The molecular formula is C27H34N2O5. The number of alkyl carbamates (subject to hydrolysis) is 1. The highest BCUT2D eigenvalue weighted by molar-refractivity contribution is 5.86. The minimum Gasteiger partial charge on any atom is -0.481 e. The van der Waals surface area contributed by atoms with Gasteiger partial charge in [-0.2, -0.15) is 0 Å². The second kappa shape index (κ2) is 11.7. The zero-order valence-corrected chi connectivity index (χ0v) is 20.1. The molecule has 182 valence electrons. The van der Waals surface area contributed by atoms with Crippen molar-refractivity contribution in [3.8, 4) is 11.1 Å². The van der Waals surface area contributed by atoms with Gasteiger partial charge >= 0.3 is 12.1 Å². The summed E-state index contributed by atoms with van der Waals surface area (Å²) in [6.45, 7) is 6.78. The van der Waals surface area contributed by atoms with Crippen LogP contribution in [0.1, 0.15) is 57.1 Å². The van der Waals surface area contributed by atoms with E-state index in [1.165, 1.54) is 0 Å². The van der Waals surface area contributed by atoms with Crippen molar-refractivity contribution in [1.82, 2.24) is 10.2 Å². The van der Waals surface area contributed by atoms with Crippen LogP contribution in [0, 0.1) is 5.92 Å². The Morgan fingerprint density at radius 3 is 2.15 bits per heavy atom. The fourth-order valence-corrected chi connectivity index (χ4v) is 4.54. The Morgan fingerprint density at radius 2 is 1.62 bits per heavy atom. The first kappa shape index (κ1) is 25.3. The lowest BCUT2D eigenvalue weighted by Crippen LogP contribution is -2.49. The predicted molar refractivity (Wildman–Crippen MR) is 131 cm³/mol. The molecule has 0 spiro atoms. The number of ether oxygens (including phenoxy) is 1. The maximum Gasteiger partial charge on any atom is 0.407 e. The second-order valence-corrected chi connectivity index (χ2v) is 9.07. The molecule has 2 aromatic rings. The van der Waals surface area contributed by atoms with Crippen LogP contribution >= 0.6 is 0 Å². The van der Waals surface area contributed by atoms with E-state index in [4.69, 9.17) is 9.84 Å². The van der Waals surface area contributed by atoms with Crippen LogP contribution in [0.4, 0.5) is 4.79 Å². The largest absolute Gasteiger partial charge is 0.481 e. The number of aliphatic carboxylic acids is 1. The van der Waals surface area contributed by atoms with E-state index < -0.39 is 18.1 Å². The molecule has 34 heavy (non-hydrogen) atoms. The molecule has 0 fully saturated rings. The molecule has 0 heterocycles. The smallest absolute Gasteiger partial charge is 0.407 e. The summed E-state index contributed by atoms with van der Waals surface area (Å²) in [5.41, 5.74) is 4.56.